The number of amides is 1. The molecule has 0 N–H and O–H groups in total. The van der Waals surface area contributed by atoms with Gasteiger partial charge < -0.3 is 14.4 Å². The van der Waals surface area contributed by atoms with Gasteiger partial charge in [-0.15, -0.1) is 0 Å². The summed E-state index contributed by atoms with van der Waals surface area (Å²) in [5, 5.41) is 0. The van der Waals surface area contributed by atoms with Gasteiger partial charge in [-0.05, 0) is 50.2 Å². The van der Waals surface area contributed by atoms with Crippen LogP contribution in [0, 0.1) is 17.8 Å². The van der Waals surface area contributed by atoms with Gasteiger partial charge in [-0.1, -0.05) is 39.0 Å². The van der Waals surface area contributed by atoms with Gasteiger partial charge in [0.05, 0.1) is 18.8 Å². The number of ether oxygens (including phenoxy) is 2. The molecule has 0 fully saturated rings. The van der Waals surface area contributed by atoms with E-state index in [1.165, 1.54) is 0 Å². The van der Waals surface area contributed by atoms with Crippen LogP contribution < -0.4 is 0 Å². The Morgan fingerprint density at radius 3 is 2.15 bits per heavy atom. The van der Waals surface area contributed by atoms with Crippen molar-refractivity contribution in [3.05, 3.63) is 35.9 Å². The molecule has 0 saturated carbocycles. The minimum Gasteiger partial charge on any atom is -0.462 e. The van der Waals surface area contributed by atoms with E-state index in [0.29, 0.717) is 37.8 Å². The Hall–Kier alpha value is -2.04. The summed E-state index contributed by atoms with van der Waals surface area (Å²) in [5.74, 6) is 0.571. The average Bonchev–Trinajstić information content (AvgIpc) is 2.63. The zero-order valence-electron chi connectivity index (χ0n) is 16.7. The first kappa shape index (κ1) is 22.0. The lowest BCUT2D eigenvalue weighted by molar-refractivity contribution is 0.0315. The highest BCUT2D eigenvalue weighted by atomic mass is 16.6. The number of esters is 1. The highest BCUT2D eigenvalue weighted by Gasteiger charge is 2.23. The number of benzene rings is 1. The Labute approximate surface area is 157 Å². The fourth-order valence-corrected chi connectivity index (χ4v) is 2.96. The highest BCUT2D eigenvalue weighted by molar-refractivity contribution is 5.89. The van der Waals surface area contributed by atoms with Crippen LogP contribution in [0.15, 0.2) is 30.3 Å². The highest BCUT2D eigenvalue weighted by Crippen LogP contribution is 2.24. The van der Waals surface area contributed by atoms with E-state index in [1.54, 1.807) is 17.0 Å². The maximum absolute atomic E-state index is 12.1. The molecule has 0 aliphatic heterocycles. The molecule has 0 saturated heterocycles. The molecule has 146 valence electrons. The summed E-state index contributed by atoms with van der Waals surface area (Å²) in [6.45, 7) is 12.3. The number of rotatable bonds is 10. The van der Waals surface area contributed by atoms with E-state index in [4.69, 9.17) is 9.47 Å². The van der Waals surface area contributed by atoms with Crippen LogP contribution >= 0.6 is 0 Å². The van der Waals surface area contributed by atoms with Crippen molar-refractivity contribution in [2.45, 2.75) is 41.0 Å². The quantitative estimate of drug-likeness (QED) is 0.569. The van der Waals surface area contributed by atoms with Crippen molar-refractivity contribution < 1.29 is 19.1 Å². The van der Waals surface area contributed by atoms with E-state index in [-0.39, 0.29) is 23.9 Å². The van der Waals surface area contributed by atoms with Gasteiger partial charge in [0, 0.05) is 13.1 Å². The third-order valence-electron chi connectivity index (χ3n) is 4.82. The van der Waals surface area contributed by atoms with Crippen molar-refractivity contribution in [1.29, 1.82) is 0 Å². The normalized spacial score (nSPS) is 13.2. The second-order valence-electron chi connectivity index (χ2n) is 6.92. The standard InChI is InChI=1S/C21H33NO4/c1-6-22(7-2)21(24)25-14-13-17(5)19(16(3)4)15-26-20(23)18-11-9-8-10-12-18/h8-12,16-17,19H,6-7,13-15H2,1-5H3. The summed E-state index contributed by atoms with van der Waals surface area (Å²) >= 11 is 0. The van der Waals surface area contributed by atoms with Gasteiger partial charge in [-0.3, -0.25) is 0 Å². The van der Waals surface area contributed by atoms with Crippen LogP contribution in [-0.4, -0.2) is 43.3 Å². The van der Waals surface area contributed by atoms with Crippen molar-refractivity contribution in [3.8, 4) is 0 Å². The lowest BCUT2D eigenvalue weighted by Gasteiger charge is -2.27. The molecule has 2 unspecified atom stereocenters. The summed E-state index contributed by atoms with van der Waals surface area (Å²) < 4.78 is 10.9. The van der Waals surface area contributed by atoms with E-state index in [0.717, 1.165) is 6.42 Å². The smallest absolute Gasteiger partial charge is 0.409 e. The Morgan fingerprint density at radius 1 is 1.00 bits per heavy atom. The SMILES string of the molecule is CCN(CC)C(=O)OCCC(C)C(COC(=O)c1ccccc1)C(C)C. The predicted octanol–water partition coefficient (Wildman–Crippen LogP) is 4.62. The van der Waals surface area contributed by atoms with E-state index in [2.05, 4.69) is 20.8 Å². The summed E-state index contributed by atoms with van der Waals surface area (Å²) in [5.41, 5.74) is 0.566. The van der Waals surface area contributed by atoms with Crippen molar-refractivity contribution in [2.75, 3.05) is 26.3 Å². The van der Waals surface area contributed by atoms with E-state index in [1.807, 2.05) is 32.0 Å². The van der Waals surface area contributed by atoms with Crippen LogP contribution in [0.3, 0.4) is 0 Å². The van der Waals surface area contributed by atoms with E-state index >= 15 is 0 Å². The van der Waals surface area contributed by atoms with Crippen LogP contribution in [0.1, 0.15) is 51.4 Å². The second kappa shape index (κ2) is 11.6. The molecule has 0 bridgehead atoms. The summed E-state index contributed by atoms with van der Waals surface area (Å²) in [4.78, 5) is 25.7. The molecule has 1 amide bonds. The van der Waals surface area contributed by atoms with E-state index in [9.17, 15) is 9.59 Å². The number of carbonyl (C=O) groups excluding carboxylic acids is 2. The number of hydrogen-bond donors (Lipinski definition) is 0. The lowest BCUT2D eigenvalue weighted by atomic mass is 9.83. The third kappa shape index (κ3) is 7.06. The molecule has 1 aromatic carbocycles. The van der Waals surface area contributed by atoms with Gasteiger partial charge in [0.2, 0.25) is 0 Å². The largest absolute Gasteiger partial charge is 0.462 e. The van der Waals surface area contributed by atoms with Crippen molar-refractivity contribution in [3.63, 3.8) is 0 Å². The predicted molar refractivity (Wildman–Crippen MR) is 103 cm³/mol. The monoisotopic (exact) mass is 363 g/mol. The first-order valence-corrected chi connectivity index (χ1v) is 9.54. The Bertz CT molecular complexity index is 540. The first-order valence-electron chi connectivity index (χ1n) is 9.54. The zero-order valence-corrected chi connectivity index (χ0v) is 16.7. The molecular weight excluding hydrogens is 330 g/mol. The molecule has 26 heavy (non-hydrogen) atoms. The molecule has 5 nitrogen and oxygen atoms in total. The lowest BCUT2D eigenvalue weighted by Crippen LogP contribution is -2.32. The van der Waals surface area contributed by atoms with Gasteiger partial charge in [0.25, 0.3) is 0 Å². The Kier molecular flexibility index (Phi) is 9.78. The van der Waals surface area contributed by atoms with E-state index < -0.39 is 0 Å². The van der Waals surface area contributed by atoms with Gasteiger partial charge in [0.15, 0.2) is 0 Å². The molecule has 0 aliphatic rings. The number of carbonyl (C=O) groups is 2. The van der Waals surface area contributed by atoms with Crippen LogP contribution in [0.4, 0.5) is 4.79 Å². The molecule has 1 aromatic rings. The van der Waals surface area contributed by atoms with Crippen molar-refractivity contribution in [2.24, 2.45) is 17.8 Å². The fourth-order valence-electron chi connectivity index (χ4n) is 2.96. The van der Waals surface area contributed by atoms with Crippen LogP contribution in [-0.2, 0) is 9.47 Å². The summed E-state index contributed by atoms with van der Waals surface area (Å²) in [7, 11) is 0. The minimum absolute atomic E-state index is 0.217. The zero-order chi connectivity index (χ0) is 19.5. The van der Waals surface area contributed by atoms with Crippen LogP contribution in [0.2, 0.25) is 0 Å². The molecule has 5 heteroatoms. The Balaban J connectivity index is 2.47. The van der Waals surface area contributed by atoms with Crippen LogP contribution in [0.5, 0.6) is 0 Å². The summed E-state index contributed by atoms with van der Waals surface area (Å²) in [6, 6.07) is 9.02. The topological polar surface area (TPSA) is 55.8 Å². The fraction of sp³-hybridized carbons (Fsp3) is 0.619. The maximum atomic E-state index is 12.1. The van der Waals surface area contributed by atoms with Gasteiger partial charge >= 0.3 is 12.1 Å². The maximum Gasteiger partial charge on any atom is 0.409 e. The van der Waals surface area contributed by atoms with Gasteiger partial charge in [-0.2, -0.15) is 0 Å². The molecule has 1 rings (SSSR count). The van der Waals surface area contributed by atoms with Gasteiger partial charge in [-0.25, -0.2) is 9.59 Å². The number of nitrogens with zero attached hydrogens (tertiary/aromatic N) is 1. The minimum atomic E-state index is -0.295. The summed E-state index contributed by atoms with van der Waals surface area (Å²) in [6.07, 6.45) is 0.484. The average molecular weight is 363 g/mol. The molecule has 0 aromatic heterocycles. The van der Waals surface area contributed by atoms with Crippen molar-refractivity contribution in [1.82, 2.24) is 4.90 Å². The molecule has 2 atom stereocenters. The molecular formula is C21H33NO4. The van der Waals surface area contributed by atoms with Crippen LogP contribution in [0.25, 0.3) is 0 Å². The second-order valence-corrected chi connectivity index (χ2v) is 6.92. The third-order valence-corrected chi connectivity index (χ3v) is 4.82. The molecule has 0 radical (unpaired) electrons. The molecule has 0 spiro atoms. The first-order chi connectivity index (χ1) is 12.4. The van der Waals surface area contributed by atoms with Crippen molar-refractivity contribution >= 4 is 12.1 Å². The number of hydrogen-bond acceptors (Lipinski definition) is 4. The van der Waals surface area contributed by atoms with Gasteiger partial charge in [0.1, 0.15) is 0 Å². The molecule has 0 aliphatic carbocycles. The molecule has 0 heterocycles. The Morgan fingerprint density at radius 2 is 1.62 bits per heavy atom.